The number of carbonyl (C=O) groups excluding carboxylic acids is 3. The number of benzene rings is 4. The Kier molecular flexibility index (Phi) is 9.74. The quantitative estimate of drug-likeness (QED) is 0.133. The summed E-state index contributed by atoms with van der Waals surface area (Å²) in [5.41, 5.74) is 2.40. The van der Waals surface area contributed by atoms with Crippen LogP contribution in [0.1, 0.15) is 26.3 Å². The van der Waals surface area contributed by atoms with Gasteiger partial charge in [-0.2, -0.15) is 0 Å². The zero-order chi connectivity index (χ0) is 28.3. The summed E-state index contributed by atoms with van der Waals surface area (Å²) < 4.78 is 10.5. The molecule has 0 heterocycles. The molecule has 0 aliphatic carbocycles. The lowest BCUT2D eigenvalue weighted by molar-refractivity contribution is -0.113. The second kappa shape index (κ2) is 13.8. The Morgan fingerprint density at radius 3 is 2.05 bits per heavy atom. The minimum Gasteiger partial charge on any atom is -0.493 e. The number of rotatable bonds is 11. The van der Waals surface area contributed by atoms with E-state index in [4.69, 9.17) is 9.47 Å². The molecular formula is C32H28N2O5S. The molecule has 202 valence electrons. The van der Waals surface area contributed by atoms with Gasteiger partial charge in [0.1, 0.15) is 5.70 Å². The maximum atomic E-state index is 13.2. The summed E-state index contributed by atoms with van der Waals surface area (Å²) in [5, 5.41) is 5.57. The highest BCUT2D eigenvalue weighted by molar-refractivity contribution is 8.00. The van der Waals surface area contributed by atoms with Crippen LogP contribution in [-0.2, 0) is 4.79 Å². The van der Waals surface area contributed by atoms with Crippen LogP contribution in [0, 0.1) is 0 Å². The Morgan fingerprint density at radius 1 is 0.750 bits per heavy atom. The predicted molar refractivity (Wildman–Crippen MR) is 158 cm³/mol. The van der Waals surface area contributed by atoms with Crippen LogP contribution in [0.3, 0.4) is 0 Å². The topological polar surface area (TPSA) is 93.7 Å². The highest BCUT2D eigenvalue weighted by Crippen LogP contribution is 2.29. The molecule has 2 amide bonds. The van der Waals surface area contributed by atoms with Gasteiger partial charge in [0.15, 0.2) is 17.3 Å². The lowest BCUT2D eigenvalue weighted by Crippen LogP contribution is -2.30. The third kappa shape index (κ3) is 7.61. The molecule has 0 unspecified atom stereocenters. The van der Waals surface area contributed by atoms with Crippen molar-refractivity contribution < 1.29 is 23.9 Å². The molecule has 40 heavy (non-hydrogen) atoms. The average Bonchev–Trinajstić information content (AvgIpc) is 3.00. The summed E-state index contributed by atoms with van der Waals surface area (Å²) in [6.07, 6.45) is 1.63. The first-order valence-electron chi connectivity index (χ1n) is 12.4. The van der Waals surface area contributed by atoms with Gasteiger partial charge in [-0.25, -0.2) is 0 Å². The molecule has 4 aromatic carbocycles. The van der Waals surface area contributed by atoms with Gasteiger partial charge in [-0.05, 0) is 66.2 Å². The summed E-state index contributed by atoms with van der Waals surface area (Å²) >= 11 is 1.39. The summed E-state index contributed by atoms with van der Waals surface area (Å²) in [4.78, 5) is 39.5. The molecule has 0 radical (unpaired) electrons. The van der Waals surface area contributed by atoms with E-state index in [0.29, 0.717) is 28.3 Å². The third-order valence-corrected chi connectivity index (χ3v) is 6.84. The van der Waals surface area contributed by atoms with Gasteiger partial charge >= 0.3 is 0 Å². The molecule has 0 aliphatic heterocycles. The van der Waals surface area contributed by atoms with E-state index >= 15 is 0 Å². The van der Waals surface area contributed by atoms with E-state index in [1.165, 1.54) is 18.9 Å². The largest absolute Gasteiger partial charge is 0.493 e. The molecule has 0 atom stereocenters. The van der Waals surface area contributed by atoms with Gasteiger partial charge in [-0.15, -0.1) is 11.8 Å². The molecule has 7 nitrogen and oxygen atoms in total. The first-order valence-corrected chi connectivity index (χ1v) is 13.4. The number of anilines is 1. The highest BCUT2D eigenvalue weighted by Gasteiger charge is 2.16. The molecule has 4 rings (SSSR count). The fourth-order valence-electron chi connectivity index (χ4n) is 3.73. The molecule has 0 saturated heterocycles. The number of Topliss-reactive ketones (excluding diaryl/α,β-unsaturated/α-hetero) is 1. The third-order valence-electron chi connectivity index (χ3n) is 5.83. The monoisotopic (exact) mass is 552 g/mol. The van der Waals surface area contributed by atoms with Crippen molar-refractivity contribution >= 4 is 41.1 Å². The molecule has 8 heteroatoms. The van der Waals surface area contributed by atoms with E-state index in [9.17, 15) is 14.4 Å². The number of amides is 2. The van der Waals surface area contributed by atoms with Crippen LogP contribution in [0.2, 0.25) is 0 Å². The Hall–Kier alpha value is -4.82. The van der Waals surface area contributed by atoms with Crippen LogP contribution in [0.15, 0.2) is 114 Å². The average molecular weight is 553 g/mol. The molecule has 0 spiro atoms. The number of nitrogens with one attached hydrogen (secondary N) is 2. The zero-order valence-electron chi connectivity index (χ0n) is 22.0. The predicted octanol–water partition coefficient (Wildman–Crippen LogP) is 6.09. The standard InChI is InChI=1S/C32H28N2O5S/c1-38-29-18-13-24(20-30(29)39-2)28(35)21-40-26-16-14-25(15-17-26)33-32(37)27(19-22-9-5-3-6-10-22)34-31(36)23-11-7-4-8-12-23/h3-20H,21H2,1-2H3,(H,33,37)(H,34,36)/b27-19-. The summed E-state index contributed by atoms with van der Waals surface area (Å²) in [6.45, 7) is 0. The van der Waals surface area contributed by atoms with E-state index < -0.39 is 5.91 Å². The van der Waals surface area contributed by atoms with Crippen molar-refractivity contribution in [3.8, 4) is 11.5 Å². The first-order chi connectivity index (χ1) is 19.5. The van der Waals surface area contributed by atoms with Crippen LogP contribution >= 0.6 is 11.8 Å². The number of ether oxygens (including phenoxy) is 2. The second-order valence-corrected chi connectivity index (χ2v) is 9.60. The summed E-state index contributed by atoms with van der Waals surface area (Å²) in [5.74, 6) is 0.399. The van der Waals surface area contributed by atoms with Gasteiger partial charge < -0.3 is 20.1 Å². The van der Waals surface area contributed by atoms with Gasteiger partial charge in [0.25, 0.3) is 11.8 Å². The molecule has 0 saturated carbocycles. The minimum atomic E-state index is -0.461. The van der Waals surface area contributed by atoms with Gasteiger partial charge in [0.2, 0.25) is 0 Å². The number of thioether (sulfide) groups is 1. The van der Waals surface area contributed by atoms with Crippen LogP contribution in [0.25, 0.3) is 6.08 Å². The molecule has 0 aromatic heterocycles. The molecule has 0 bridgehead atoms. The number of ketones is 1. The summed E-state index contributed by atoms with van der Waals surface area (Å²) in [6, 6.07) is 30.2. The fourth-order valence-corrected chi connectivity index (χ4v) is 4.53. The zero-order valence-corrected chi connectivity index (χ0v) is 22.9. The number of carbonyl (C=O) groups is 3. The van der Waals surface area contributed by atoms with Crippen molar-refractivity contribution in [2.45, 2.75) is 4.90 Å². The Morgan fingerprint density at radius 2 is 1.40 bits per heavy atom. The molecule has 4 aromatic rings. The van der Waals surface area contributed by atoms with Crippen molar-refractivity contribution in [1.29, 1.82) is 0 Å². The minimum absolute atomic E-state index is 0.0480. The number of hydrogen-bond donors (Lipinski definition) is 2. The van der Waals surface area contributed by atoms with Crippen molar-refractivity contribution in [3.05, 3.63) is 126 Å². The van der Waals surface area contributed by atoms with E-state index in [1.807, 2.05) is 48.5 Å². The van der Waals surface area contributed by atoms with Crippen molar-refractivity contribution in [2.75, 3.05) is 25.3 Å². The Labute approximate surface area is 237 Å². The van der Waals surface area contributed by atoms with Crippen LogP contribution < -0.4 is 20.1 Å². The van der Waals surface area contributed by atoms with Gasteiger partial charge in [0, 0.05) is 21.7 Å². The van der Waals surface area contributed by atoms with Gasteiger partial charge in [0.05, 0.1) is 20.0 Å². The highest BCUT2D eigenvalue weighted by atomic mass is 32.2. The lowest BCUT2D eigenvalue weighted by Gasteiger charge is -2.12. The Bertz CT molecular complexity index is 1500. The fraction of sp³-hybridized carbons (Fsp3) is 0.0938. The number of hydrogen-bond acceptors (Lipinski definition) is 6. The Balaban J connectivity index is 1.41. The second-order valence-electron chi connectivity index (χ2n) is 8.55. The lowest BCUT2D eigenvalue weighted by atomic mass is 10.1. The van der Waals surface area contributed by atoms with E-state index in [-0.39, 0.29) is 23.1 Å². The maximum Gasteiger partial charge on any atom is 0.272 e. The van der Waals surface area contributed by atoms with E-state index in [0.717, 1.165) is 10.5 Å². The van der Waals surface area contributed by atoms with Crippen molar-refractivity contribution in [3.63, 3.8) is 0 Å². The van der Waals surface area contributed by atoms with Gasteiger partial charge in [-0.1, -0.05) is 48.5 Å². The van der Waals surface area contributed by atoms with Crippen molar-refractivity contribution in [2.24, 2.45) is 0 Å². The smallest absolute Gasteiger partial charge is 0.272 e. The molecule has 0 fully saturated rings. The number of methoxy groups -OCH3 is 2. The summed E-state index contributed by atoms with van der Waals surface area (Å²) in [7, 11) is 3.07. The van der Waals surface area contributed by atoms with E-state index in [1.54, 1.807) is 67.8 Å². The first kappa shape index (κ1) is 28.2. The van der Waals surface area contributed by atoms with Crippen LogP contribution in [-0.4, -0.2) is 37.6 Å². The van der Waals surface area contributed by atoms with Crippen LogP contribution in [0.4, 0.5) is 5.69 Å². The molecule has 2 N–H and O–H groups in total. The normalized spacial score (nSPS) is 10.9. The SMILES string of the molecule is COc1ccc(C(=O)CSc2ccc(NC(=O)/C(=C/c3ccccc3)NC(=O)c3ccccc3)cc2)cc1OC. The van der Waals surface area contributed by atoms with Crippen molar-refractivity contribution in [1.82, 2.24) is 5.32 Å². The maximum absolute atomic E-state index is 13.2. The van der Waals surface area contributed by atoms with E-state index in [2.05, 4.69) is 10.6 Å². The molecule has 0 aliphatic rings. The van der Waals surface area contributed by atoms with Crippen LogP contribution in [0.5, 0.6) is 11.5 Å². The van der Waals surface area contributed by atoms with Gasteiger partial charge in [-0.3, -0.25) is 14.4 Å². The molecular weight excluding hydrogens is 524 g/mol.